The highest BCUT2D eigenvalue weighted by Gasteiger charge is 2.57. The average molecular weight is 490 g/mol. The third kappa shape index (κ3) is 5.66. The van der Waals surface area contributed by atoms with E-state index in [-0.39, 0.29) is 0 Å². The maximum Gasteiger partial charge on any atom is 0.426 e. The molecule has 0 saturated heterocycles. The number of hydrogen-bond donors (Lipinski definition) is 1. The van der Waals surface area contributed by atoms with Crippen LogP contribution in [0.3, 0.4) is 0 Å². The van der Waals surface area contributed by atoms with Crippen molar-refractivity contribution < 1.29 is 49.1 Å². The fourth-order valence-electron chi connectivity index (χ4n) is 2.26. The maximum atomic E-state index is 14.3. The molecule has 3 amide bonds. The van der Waals surface area contributed by atoms with Crippen LogP contribution in [0.2, 0.25) is 0 Å². The fourth-order valence-corrected chi connectivity index (χ4v) is 3.11. The van der Waals surface area contributed by atoms with Gasteiger partial charge < -0.3 is 0 Å². The van der Waals surface area contributed by atoms with E-state index in [1.165, 1.54) is 0 Å². The Morgan fingerprint density at radius 3 is 2.19 bits per heavy atom. The molecule has 0 bridgehead atoms. The van der Waals surface area contributed by atoms with Crippen molar-refractivity contribution >= 4 is 29.4 Å². The monoisotopic (exact) mass is 490 g/mol. The molecule has 0 heterocycles. The number of hydrogen-bond acceptors (Lipinski definition) is 3. The summed E-state index contributed by atoms with van der Waals surface area (Å²) in [4.78, 5) is 23.7. The van der Waals surface area contributed by atoms with E-state index in [4.69, 9.17) is 0 Å². The molecule has 0 unspecified atom stereocenters. The molecule has 2 aromatic carbocycles. The summed E-state index contributed by atoms with van der Waals surface area (Å²) in [6.07, 6.45) is -10.4. The number of imide groups is 1. The quantitative estimate of drug-likeness (QED) is 0.434. The van der Waals surface area contributed by atoms with Crippen LogP contribution in [-0.2, 0) is 0 Å². The standard InChI is InChI=1S/C18H11F9N2O2S/c1-29(16(31)28-14(30)9-3-2-4-10(19)13(9)21)12-6-5-8(7-11(12)20)32-18(26,27)15(22)17(23,24)25/h2-7,15H,1H3,(H,28,30,31)/t15-/m1/s1. The molecule has 32 heavy (non-hydrogen) atoms. The number of alkyl halides is 6. The van der Waals surface area contributed by atoms with Crippen molar-refractivity contribution in [2.24, 2.45) is 0 Å². The van der Waals surface area contributed by atoms with Crippen LogP contribution in [0.5, 0.6) is 0 Å². The fraction of sp³-hybridized carbons (Fsp3) is 0.222. The molecule has 174 valence electrons. The summed E-state index contributed by atoms with van der Waals surface area (Å²) in [6.45, 7) is 0. The Hall–Kier alpha value is -2.90. The Morgan fingerprint density at radius 1 is 1.00 bits per heavy atom. The Kier molecular flexibility index (Phi) is 7.37. The highest BCUT2D eigenvalue weighted by Crippen LogP contribution is 2.46. The van der Waals surface area contributed by atoms with Gasteiger partial charge >= 0.3 is 17.5 Å². The zero-order valence-electron chi connectivity index (χ0n) is 15.6. The van der Waals surface area contributed by atoms with E-state index in [9.17, 15) is 49.1 Å². The van der Waals surface area contributed by atoms with E-state index in [0.29, 0.717) is 23.1 Å². The highest BCUT2D eigenvalue weighted by molar-refractivity contribution is 8.00. The third-order valence-electron chi connectivity index (χ3n) is 3.84. The lowest BCUT2D eigenvalue weighted by atomic mass is 10.2. The predicted octanol–water partition coefficient (Wildman–Crippen LogP) is 5.68. The Morgan fingerprint density at radius 2 is 1.62 bits per heavy atom. The number of benzene rings is 2. The van der Waals surface area contributed by atoms with Crippen LogP contribution in [0, 0.1) is 17.5 Å². The molecule has 2 rings (SSSR count). The summed E-state index contributed by atoms with van der Waals surface area (Å²) in [7, 11) is 0.922. The van der Waals surface area contributed by atoms with Crippen LogP contribution < -0.4 is 10.2 Å². The largest absolute Gasteiger partial charge is 0.426 e. The zero-order valence-corrected chi connectivity index (χ0v) is 16.4. The van der Waals surface area contributed by atoms with Gasteiger partial charge in [-0.25, -0.2) is 22.4 Å². The van der Waals surface area contributed by atoms with Crippen molar-refractivity contribution in [1.29, 1.82) is 0 Å². The first-order valence-corrected chi connectivity index (χ1v) is 9.07. The van der Waals surface area contributed by atoms with Crippen molar-refractivity contribution in [3.05, 3.63) is 59.4 Å². The number of carbonyl (C=O) groups is 2. The van der Waals surface area contributed by atoms with Crippen LogP contribution in [0.15, 0.2) is 41.3 Å². The Labute approximate surface area is 178 Å². The second-order valence-corrected chi connectivity index (χ2v) is 7.32. The number of anilines is 1. The summed E-state index contributed by atoms with van der Waals surface area (Å²) in [5.74, 6) is -5.66. The minimum Gasteiger partial charge on any atom is -0.294 e. The van der Waals surface area contributed by atoms with Gasteiger partial charge in [0.1, 0.15) is 5.82 Å². The normalized spacial score (nSPS) is 12.9. The van der Waals surface area contributed by atoms with Gasteiger partial charge in [0.2, 0.25) is 0 Å². The first-order valence-electron chi connectivity index (χ1n) is 8.25. The van der Waals surface area contributed by atoms with Crippen molar-refractivity contribution in [2.75, 3.05) is 11.9 Å². The van der Waals surface area contributed by atoms with Crippen molar-refractivity contribution in [1.82, 2.24) is 5.32 Å². The molecule has 0 aliphatic carbocycles. The van der Waals surface area contributed by atoms with Gasteiger partial charge in [-0.05, 0) is 42.1 Å². The van der Waals surface area contributed by atoms with Gasteiger partial charge in [-0.2, -0.15) is 22.0 Å². The van der Waals surface area contributed by atoms with E-state index in [2.05, 4.69) is 0 Å². The van der Waals surface area contributed by atoms with E-state index >= 15 is 0 Å². The second-order valence-electron chi connectivity index (χ2n) is 6.10. The minimum absolute atomic E-state index is 0.328. The van der Waals surface area contributed by atoms with Gasteiger partial charge in [-0.1, -0.05) is 6.07 Å². The number of nitrogens with one attached hydrogen (secondary N) is 1. The molecule has 1 atom stereocenters. The van der Waals surface area contributed by atoms with Gasteiger partial charge in [-0.3, -0.25) is 15.0 Å². The molecular formula is C18H11F9N2O2S. The van der Waals surface area contributed by atoms with E-state index in [1.54, 1.807) is 5.32 Å². The highest BCUT2D eigenvalue weighted by atomic mass is 32.2. The summed E-state index contributed by atoms with van der Waals surface area (Å²) in [5, 5.41) is -3.31. The lowest BCUT2D eigenvalue weighted by Crippen LogP contribution is -2.41. The molecule has 0 aromatic heterocycles. The molecule has 0 fully saturated rings. The lowest BCUT2D eigenvalue weighted by Gasteiger charge is -2.22. The molecule has 0 saturated carbocycles. The summed E-state index contributed by atoms with van der Waals surface area (Å²) in [5.41, 5.74) is -1.44. The number of urea groups is 1. The van der Waals surface area contributed by atoms with Gasteiger partial charge in [0.05, 0.1) is 11.3 Å². The van der Waals surface area contributed by atoms with Gasteiger partial charge in [0.25, 0.3) is 12.1 Å². The molecule has 0 spiro atoms. The smallest absolute Gasteiger partial charge is 0.294 e. The number of nitrogens with zero attached hydrogens (tertiary/aromatic N) is 1. The number of halogens is 9. The molecule has 1 N–H and O–H groups in total. The van der Waals surface area contributed by atoms with Crippen LogP contribution in [0.4, 0.5) is 50.0 Å². The van der Waals surface area contributed by atoms with E-state index in [0.717, 1.165) is 25.2 Å². The van der Waals surface area contributed by atoms with Crippen LogP contribution in [-0.4, -0.2) is 36.6 Å². The van der Waals surface area contributed by atoms with Gasteiger partial charge in [0.15, 0.2) is 11.6 Å². The number of carbonyl (C=O) groups excluding carboxylic acids is 2. The number of thioether (sulfide) groups is 1. The van der Waals surface area contributed by atoms with E-state index in [1.807, 2.05) is 0 Å². The maximum absolute atomic E-state index is 14.3. The topological polar surface area (TPSA) is 49.4 Å². The van der Waals surface area contributed by atoms with Gasteiger partial charge in [0, 0.05) is 11.9 Å². The van der Waals surface area contributed by atoms with Crippen LogP contribution >= 0.6 is 11.8 Å². The Bertz CT molecular complexity index is 1030. The zero-order chi connectivity index (χ0) is 24.4. The van der Waals surface area contributed by atoms with E-state index < -0.39 is 74.9 Å². The predicted molar refractivity (Wildman–Crippen MR) is 95.8 cm³/mol. The minimum atomic E-state index is -5.85. The summed E-state index contributed by atoms with van der Waals surface area (Å²) < 4.78 is 118. The van der Waals surface area contributed by atoms with Crippen LogP contribution in [0.1, 0.15) is 10.4 Å². The summed E-state index contributed by atoms with van der Waals surface area (Å²) in [6, 6.07) is 2.98. The SMILES string of the molecule is CN(C(=O)NC(=O)c1cccc(F)c1F)c1ccc(SC(F)(F)[C@H](F)C(F)(F)F)cc1F. The van der Waals surface area contributed by atoms with Gasteiger partial charge in [-0.15, -0.1) is 0 Å². The van der Waals surface area contributed by atoms with Crippen molar-refractivity contribution in [3.63, 3.8) is 0 Å². The molecular weight excluding hydrogens is 479 g/mol. The molecule has 0 aliphatic rings. The average Bonchev–Trinajstić information content (AvgIpc) is 2.68. The molecule has 14 heteroatoms. The second kappa shape index (κ2) is 9.30. The molecule has 4 nitrogen and oxygen atoms in total. The van der Waals surface area contributed by atoms with Crippen LogP contribution in [0.25, 0.3) is 0 Å². The lowest BCUT2D eigenvalue weighted by molar-refractivity contribution is -0.219. The Balaban J connectivity index is 2.16. The third-order valence-corrected chi connectivity index (χ3v) is 4.81. The first kappa shape index (κ1) is 25.4. The molecule has 0 radical (unpaired) electrons. The molecule has 2 aromatic rings. The number of amides is 3. The first-order chi connectivity index (χ1) is 14.6. The number of rotatable bonds is 5. The van der Waals surface area contributed by atoms with Crippen molar-refractivity contribution in [2.45, 2.75) is 22.5 Å². The summed E-state index contributed by atoms with van der Waals surface area (Å²) >= 11 is -0.884. The van der Waals surface area contributed by atoms with Crippen molar-refractivity contribution in [3.8, 4) is 0 Å². The molecule has 0 aliphatic heterocycles.